The second-order valence-electron chi connectivity index (χ2n) is 7.84. The Bertz CT molecular complexity index is 692. The highest BCUT2D eigenvalue weighted by atomic mass is 16.5. The van der Waals surface area contributed by atoms with Gasteiger partial charge < -0.3 is 18.9 Å². The molecule has 2 fully saturated rings. The summed E-state index contributed by atoms with van der Waals surface area (Å²) >= 11 is 0. The highest BCUT2D eigenvalue weighted by Gasteiger charge is 2.22. The zero-order valence-electron chi connectivity index (χ0n) is 16.6. The Labute approximate surface area is 167 Å². The summed E-state index contributed by atoms with van der Waals surface area (Å²) in [5.74, 6) is 1.40. The van der Waals surface area contributed by atoms with E-state index in [1.54, 1.807) is 0 Å². The van der Waals surface area contributed by atoms with Gasteiger partial charge in [0.1, 0.15) is 0 Å². The van der Waals surface area contributed by atoms with Gasteiger partial charge in [-0.3, -0.25) is 0 Å². The maximum Gasteiger partial charge on any atom is 0.227 e. The lowest BCUT2D eigenvalue weighted by molar-refractivity contribution is -0.0749. The molecule has 0 amide bonds. The third-order valence-electron chi connectivity index (χ3n) is 5.69. The van der Waals surface area contributed by atoms with Crippen molar-refractivity contribution in [3.8, 4) is 11.4 Å². The lowest BCUT2D eigenvalue weighted by atomic mass is 10.1. The van der Waals surface area contributed by atoms with E-state index in [4.69, 9.17) is 14.0 Å². The van der Waals surface area contributed by atoms with Crippen molar-refractivity contribution < 1.29 is 14.0 Å². The van der Waals surface area contributed by atoms with E-state index in [2.05, 4.69) is 15.0 Å². The minimum absolute atomic E-state index is 0.321. The number of aromatic nitrogens is 2. The molecule has 0 bridgehead atoms. The quantitative estimate of drug-likeness (QED) is 0.690. The number of ether oxygens (including phenoxy) is 2. The van der Waals surface area contributed by atoms with Crippen LogP contribution in [0.3, 0.4) is 0 Å². The van der Waals surface area contributed by atoms with Crippen molar-refractivity contribution >= 4 is 0 Å². The van der Waals surface area contributed by atoms with Crippen molar-refractivity contribution in [1.29, 1.82) is 0 Å². The van der Waals surface area contributed by atoms with Crippen molar-refractivity contribution in [2.24, 2.45) is 0 Å². The average molecular weight is 386 g/mol. The topological polar surface area (TPSA) is 60.6 Å². The summed E-state index contributed by atoms with van der Waals surface area (Å²) in [5.41, 5.74) is 0.998. The molecule has 28 heavy (non-hydrogen) atoms. The van der Waals surface area contributed by atoms with Crippen molar-refractivity contribution in [1.82, 2.24) is 15.0 Å². The van der Waals surface area contributed by atoms with Gasteiger partial charge in [0.2, 0.25) is 11.7 Å². The van der Waals surface area contributed by atoms with E-state index < -0.39 is 0 Å². The molecule has 1 unspecified atom stereocenters. The lowest BCUT2D eigenvalue weighted by Crippen LogP contribution is -2.39. The third-order valence-corrected chi connectivity index (χ3v) is 5.69. The second-order valence-corrected chi connectivity index (χ2v) is 7.84. The molecule has 152 valence electrons. The van der Waals surface area contributed by atoms with Crippen LogP contribution in [0.2, 0.25) is 0 Å². The molecular formula is C22H31N3O3. The molecule has 2 aliphatic heterocycles. The van der Waals surface area contributed by atoms with E-state index in [9.17, 15) is 0 Å². The molecule has 2 saturated heterocycles. The summed E-state index contributed by atoms with van der Waals surface area (Å²) in [5, 5.41) is 4.09. The fraction of sp³-hybridized carbons (Fsp3) is 0.636. The smallest absolute Gasteiger partial charge is 0.227 e. The third kappa shape index (κ3) is 5.63. The summed E-state index contributed by atoms with van der Waals surface area (Å²) in [6, 6.07) is 9.97. The Kier molecular flexibility index (Phi) is 7.08. The number of likely N-dealkylation sites (tertiary alicyclic amines) is 1. The van der Waals surface area contributed by atoms with Crippen LogP contribution in [0.15, 0.2) is 34.9 Å². The van der Waals surface area contributed by atoms with Gasteiger partial charge in [0.25, 0.3) is 0 Å². The number of hydrogen-bond donors (Lipinski definition) is 0. The molecule has 6 heteroatoms. The van der Waals surface area contributed by atoms with E-state index in [0.717, 1.165) is 76.4 Å². The Hall–Kier alpha value is -1.76. The van der Waals surface area contributed by atoms with Gasteiger partial charge in [-0.2, -0.15) is 4.98 Å². The fourth-order valence-corrected chi connectivity index (χ4v) is 4.00. The molecule has 3 heterocycles. The largest absolute Gasteiger partial charge is 0.376 e. The van der Waals surface area contributed by atoms with Crippen molar-refractivity contribution in [3.05, 3.63) is 36.2 Å². The number of hydrogen-bond acceptors (Lipinski definition) is 6. The zero-order valence-corrected chi connectivity index (χ0v) is 16.6. The van der Waals surface area contributed by atoms with E-state index in [1.165, 1.54) is 12.8 Å². The zero-order chi connectivity index (χ0) is 19.0. The number of benzene rings is 1. The molecule has 0 aliphatic carbocycles. The minimum atomic E-state index is 0.321. The summed E-state index contributed by atoms with van der Waals surface area (Å²) in [6.45, 7) is 4.96. The number of piperidine rings is 1. The van der Waals surface area contributed by atoms with E-state index in [1.807, 2.05) is 30.3 Å². The van der Waals surface area contributed by atoms with Crippen molar-refractivity contribution in [3.63, 3.8) is 0 Å². The van der Waals surface area contributed by atoms with Crippen molar-refractivity contribution in [2.75, 3.05) is 32.8 Å². The van der Waals surface area contributed by atoms with Gasteiger partial charge in [0.15, 0.2) is 0 Å². The van der Waals surface area contributed by atoms with Gasteiger partial charge in [-0.05, 0) is 45.1 Å². The highest BCUT2D eigenvalue weighted by Crippen LogP contribution is 2.19. The SMILES string of the molecule is c1ccc(-c2noc(CCCN3CCC(OCC4CCCCO4)CC3)n2)cc1. The molecule has 4 rings (SSSR count). The van der Waals surface area contributed by atoms with Crippen LogP contribution in [-0.2, 0) is 15.9 Å². The highest BCUT2D eigenvalue weighted by molar-refractivity contribution is 5.53. The van der Waals surface area contributed by atoms with Crippen LogP contribution in [0, 0.1) is 0 Å². The van der Waals surface area contributed by atoms with Crippen LogP contribution >= 0.6 is 0 Å². The monoisotopic (exact) mass is 385 g/mol. The second kappa shape index (κ2) is 10.1. The van der Waals surface area contributed by atoms with Gasteiger partial charge in [0, 0.05) is 31.7 Å². The van der Waals surface area contributed by atoms with Crippen LogP contribution in [0.4, 0.5) is 0 Å². The van der Waals surface area contributed by atoms with E-state index >= 15 is 0 Å². The molecule has 1 aromatic carbocycles. The Morgan fingerprint density at radius 2 is 1.93 bits per heavy atom. The first-order valence-electron chi connectivity index (χ1n) is 10.7. The van der Waals surface area contributed by atoms with Gasteiger partial charge in [-0.15, -0.1) is 0 Å². The summed E-state index contributed by atoms with van der Waals surface area (Å²) in [6.07, 6.45) is 8.45. The molecule has 2 aliphatic rings. The predicted molar refractivity (Wildman–Crippen MR) is 107 cm³/mol. The lowest BCUT2D eigenvalue weighted by Gasteiger charge is -2.33. The van der Waals surface area contributed by atoms with Crippen LogP contribution in [-0.4, -0.2) is 60.1 Å². The molecule has 1 aromatic heterocycles. The molecule has 0 spiro atoms. The number of aryl methyl sites for hydroxylation is 1. The van der Waals surface area contributed by atoms with Gasteiger partial charge in [-0.1, -0.05) is 35.5 Å². The normalized spacial score (nSPS) is 21.8. The summed E-state index contributed by atoms with van der Waals surface area (Å²) < 4.78 is 17.3. The molecule has 0 radical (unpaired) electrons. The first-order valence-corrected chi connectivity index (χ1v) is 10.7. The molecule has 1 atom stereocenters. The average Bonchev–Trinajstić information content (AvgIpc) is 3.24. The Morgan fingerprint density at radius 3 is 2.71 bits per heavy atom. The van der Waals surface area contributed by atoms with Crippen LogP contribution in [0.1, 0.15) is 44.4 Å². The molecule has 0 saturated carbocycles. The first-order chi connectivity index (χ1) is 13.9. The van der Waals surface area contributed by atoms with Gasteiger partial charge >= 0.3 is 0 Å². The predicted octanol–water partition coefficient (Wildman–Crippen LogP) is 3.72. The standard InChI is InChI=1S/C22H31N3O3/c1-2-7-18(8-3-1)22-23-21(28-24-22)10-6-13-25-14-11-19(12-15-25)27-17-20-9-4-5-16-26-20/h1-3,7-8,19-20H,4-6,9-17H2. The van der Waals surface area contributed by atoms with E-state index in [0.29, 0.717) is 18.0 Å². The van der Waals surface area contributed by atoms with Crippen LogP contribution in [0.5, 0.6) is 0 Å². The van der Waals surface area contributed by atoms with E-state index in [-0.39, 0.29) is 0 Å². The Morgan fingerprint density at radius 1 is 1.07 bits per heavy atom. The van der Waals surface area contributed by atoms with Crippen LogP contribution in [0.25, 0.3) is 11.4 Å². The maximum atomic E-state index is 6.10. The van der Waals surface area contributed by atoms with Gasteiger partial charge in [0.05, 0.1) is 18.8 Å². The summed E-state index contributed by atoms with van der Waals surface area (Å²) in [7, 11) is 0. The Balaban J connectivity index is 1.12. The molecular weight excluding hydrogens is 354 g/mol. The summed E-state index contributed by atoms with van der Waals surface area (Å²) in [4.78, 5) is 7.04. The number of rotatable bonds is 8. The molecule has 2 aromatic rings. The number of nitrogens with zero attached hydrogens (tertiary/aromatic N) is 3. The van der Waals surface area contributed by atoms with Gasteiger partial charge in [-0.25, -0.2) is 0 Å². The van der Waals surface area contributed by atoms with Crippen LogP contribution < -0.4 is 0 Å². The fourth-order valence-electron chi connectivity index (χ4n) is 4.00. The molecule has 6 nitrogen and oxygen atoms in total. The van der Waals surface area contributed by atoms with Crippen molar-refractivity contribution in [2.45, 2.75) is 57.2 Å². The molecule has 0 N–H and O–H groups in total. The minimum Gasteiger partial charge on any atom is -0.376 e. The maximum absolute atomic E-state index is 6.10. The first kappa shape index (κ1) is 19.6.